The second-order valence-electron chi connectivity index (χ2n) is 14.0. The van der Waals surface area contributed by atoms with Crippen molar-refractivity contribution in [3.05, 3.63) is 71.3 Å². The van der Waals surface area contributed by atoms with Gasteiger partial charge in [-0.15, -0.1) is 0 Å². The number of nitrogens with zero attached hydrogens (tertiary/aromatic N) is 2. The van der Waals surface area contributed by atoms with Crippen LogP contribution in [0.4, 0.5) is 0 Å². The van der Waals surface area contributed by atoms with E-state index in [1.165, 1.54) is 21.3 Å². The number of aryl methyl sites for hydroxylation is 1. The fraction of sp³-hybridized carbons (Fsp3) is 0.512. The highest BCUT2D eigenvalue weighted by Crippen LogP contribution is 2.41. The van der Waals surface area contributed by atoms with E-state index in [1.807, 2.05) is 51.4 Å². The van der Waals surface area contributed by atoms with Gasteiger partial charge in [-0.2, -0.15) is 0 Å². The number of benzene rings is 3. The molecule has 13 nitrogen and oxygen atoms in total. The summed E-state index contributed by atoms with van der Waals surface area (Å²) < 4.78 is 39.9. The van der Waals surface area contributed by atoms with Crippen molar-refractivity contribution in [2.24, 2.45) is 0 Å². The van der Waals surface area contributed by atoms with Crippen molar-refractivity contribution in [3.63, 3.8) is 0 Å². The number of amides is 2. The number of carbonyl (C=O) groups excluding carboxylic acids is 3. The Kier molecular flexibility index (Phi) is 17.0. The van der Waals surface area contributed by atoms with Crippen LogP contribution in [0.15, 0.2) is 54.6 Å². The lowest BCUT2D eigenvalue weighted by molar-refractivity contribution is -0.162. The zero-order chi connectivity index (χ0) is 40.6. The molecule has 2 amide bonds. The van der Waals surface area contributed by atoms with Crippen molar-refractivity contribution in [3.8, 4) is 34.5 Å². The van der Waals surface area contributed by atoms with Crippen LogP contribution in [0.5, 0.6) is 34.5 Å². The normalized spacial score (nSPS) is 15.0. The van der Waals surface area contributed by atoms with Crippen LogP contribution in [0.1, 0.15) is 74.2 Å². The quantitative estimate of drug-likeness (QED) is 0.101. The lowest BCUT2D eigenvalue weighted by Crippen LogP contribution is -2.50. The molecule has 4 rings (SSSR count). The zero-order valence-corrected chi connectivity index (χ0v) is 34.2. The van der Waals surface area contributed by atoms with E-state index in [2.05, 4.69) is 10.2 Å². The molecule has 3 atom stereocenters. The van der Waals surface area contributed by atoms with Crippen LogP contribution >= 0.6 is 0 Å². The first-order valence-electron chi connectivity index (χ1n) is 19.2. The summed E-state index contributed by atoms with van der Waals surface area (Å²) in [5.74, 6) is 1.61. The third-order valence-corrected chi connectivity index (χ3v) is 9.96. The average molecular weight is 778 g/mol. The third-order valence-electron chi connectivity index (χ3n) is 9.96. The lowest BCUT2D eigenvalue weighted by Gasteiger charge is -2.37. The van der Waals surface area contributed by atoms with Crippen molar-refractivity contribution in [1.29, 1.82) is 0 Å². The molecule has 1 unspecified atom stereocenters. The van der Waals surface area contributed by atoms with E-state index in [-0.39, 0.29) is 18.4 Å². The summed E-state index contributed by atoms with van der Waals surface area (Å²) in [4.78, 5) is 44.9. The van der Waals surface area contributed by atoms with Crippen LogP contribution < -0.4 is 33.7 Å². The summed E-state index contributed by atoms with van der Waals surface area (Å²) in [6.45, 7) is 3.64. The maximum atomic E-state index is 14.4. The highest BCUT2D eigenvalue weighted by Gasteiger charge is 2.38. The Bertz CT molecular complexity index is 1720. The Morgan fingerprint density at radius 1 is 0.839 bits per heavy atom. The molecule has 56 heavy (non-hydrogen) atoms. The van der Waals surface area contributed by atoms with E-state index in [1.54, 1.807) is 43.4 Å². The van der Waals surface area contributed by atoms with Crippen molar-refractivity contribution >= 4 is 17.8 Å². The Balaban J connectivity index is 1.57. The van der Waals surface area contributed by atoms with Crippen molar-refractivity contribution in [1.82, 2.24) is 15.1 Å². The first-order chi connectivity index (χ1) is 27.1. The second-order valence-corrected chi connectivity index (χ2v) is 14.0. The molecule has 0 bridgehead atoms. The van der Waals surface area contributed by atoms with Gasteiger partial charge in [-0.1, -0.05) is 25.1 Å². The SMILES string of the molecule is CC[C@H](C(=O)N1CCCC[C@H]1C(=O)OC(CCc1ccc(OC)c(OC)c1)c1cccc(OCC(=O)NCCCN(C)C)c1)c1cc(OC)c(OC)c(OC)c1. The maximum Gasteiger partial charge on any atom is 0.329 e. The molecule has 1 N–H and O–H groups in total. The smallest absolute Gasteiger partial charge is 0.329 e. The van der Waals surface area contributed by atoms with E-state index in [9.17, 15) is 14.4 Å². The van der Waals surface area contributed by atoms with Crippen LogP contribution in [0.2, 0.25) is 0 Å². The van der Waals surface area contributed by atoms with Gasteiger partial charge in [-0.25, -0.2) is 4.79 Å². The minimum absolute atomic E-state index is 0.148. The Morgan fingerprint density at radius 2 is 1.55 bits per heavy atom. The molecule has 1 aliphatic heterocycles. The topological polar surface area (TPSA) is 134 Å². The molecule has 0 spiro atoms. The van der Waals surface area contributed by atoms with Gasteiger partial charge in [0.1, 0.15) is 17.9 Å². The predicted molar refractivity (Wildman–Crippen MR) is 213 cm³/mol. The first kappa shape index (κ1) is 43.6. The summed E-state index contributed by atoms with van der Waals surface area (Å²) >= 11 is 0. The molecule has 0 aliphatic carbocycles. The molecular weight excluding hydrogens is 718 g/mol. The van der Waals surface area contributed by atoms with E-state index in [0.717, 1.165) is 31.4 Å². The standard InChI is InChI=1S/C43H59N3O10/c1-9-33(31-26-38(52-6)41(54-8)39(27-31)53-7)42(48)46-23-11-10-16-34(46)43(49)56-35(19-17-29-18-20-36(50-4)37(24-29)51-5)30-14-12-15-32(25-30)55-28-40(47)44-21-13-22-45(2)3/h12,14-15,18,20,24-27,33-35H,9-11,13,16-17,19,21-23,28H2,1-8H3,(H,44,47)/t33-,34-,35?/m0/s1. The van der Waals surface area contributed by atoms with Gasteiger partial charge < -0.3 is 48.3 Å². The van der Waals surface area contributed by atoms with Gasteiger partial charge in [0.25, 0.3) is 5.91 Å². The minimum atomic E-state index is -0.772. The molecule has 0 saturated carbocycles. The zero-order valence-electron chi connectivity index (χ0n) is 34.2. The molecule has 3 aromatic carbocycles. The number of nitrogens with one attached hydrogen (secondary N) is 1. The highest BCUT2D eigenvalue weighted by molar-refractivity contribution is 5.89. The Morgan fingerprint density at radius 3 is 2.20 bits per heavy atom. The largest absolute Gasteiger partial charge is 0.493 e. The van der Waals surface area contributed by atoms with Gasteiger partial charge >= 0.3 is 5.97 Å². The number of carbonyl (C=O) groups is 3. The molecular formula is C43H59N3O10. The summed E-state index contributed by atoms with van der Waals surface area (Å²) in [5.41, 5.74) is 2.38. The molecule has 13 heteroatoms. The average Bonchev–Trinajstić information content (AvgIpc) is 3.22. The van der Waals surface area contributed by atoms with Crippen molar-refractivity contribution in [2.75, 3.05) is 75.9 Å². The van der Waals surface area contributed by atoms with E-state index < -0.39 is 24.0 Å². The summed E-state index contributed by atoms with van der Waals surface area (Å²) in [7, 11) is 11.8. The van der Waals surface area contributed by atoms with Crippen LogP contribution in [-0.4, -0.2) is 110 Å². The van der Waals surface area contributed by atoms with Gasteiger partial charge in [0.05, 0.1) is 41.5 Å². The number of esters is 1. The molecule has 3 aromatic rings. The Labute approximate surface area is 331 Å². The molecule has 1 saturated heterocycles. The van der Waals surface area contributed by atoms with Gasteiger partial charge in [0.15, 0.2) is 29.6 Å². The molecule has 306 valence electrons. The molecule has 0 radical (unpaired) electrons. The van der Waals surface area contributed by atoms with E-state index in [0.29, 0.717) is 84.4 Å². The number of methoxy groups -OCH3 is 5. The number of rotatable bonds is 21. The van der Waals surface area contributed by atoms with Gasteiger partial charge in [-0.3, -0.25) is 9.59 Å². The summed E-state index contributed by atoms with van der Waals surface area (Å²) in [5, 5.41) is 2.89. The molecule has 1 heterocycles. The predicted octanol–water partition coefficient (Wildman–Crippen LogP) is 5.97. The Hall–Kier alpha value is -5.17. The van der Waals surface area contributed by atoms with Crippen molar-refractivity contribution in [2.45, 2.75) is 69.9 Å². The van der Waals surface area contributed by atoms with Crippen LogP contribution in [-0.2, 0) is 25.5 Å². The number of likely N-dealkylation sites (tertiary alicyclic amines) is 1. The van der Waals surface area contributed by atoms with Crippen LogP contribution in [0, 0.1) is 0 Å². The van der Waals surface area contributed by atoms with Crippen molar-refractivity contribution < 1.29 is 47.5 Å². The summed E-state index contributed by atoms with van der Waals surface area (Å²) in [6.07, 6.45) is 3.64. The second kappa shape index (κ2) is 21.8. The highest BCUT2D eigenvalue weighted by atomic mass is 16.5. The number of ether oxygens (including phenoxy) is 7. The van der Waals surface area contributed by atoms with E-state index >= 15 is 0 Å². The fourth-order valence-electron chi connectivity index (χ4n) is 6.97. The van der Waals surface area contributed by atoms with Crippen LogP contribution in [0.25, 0.3) is 0 Å². The minimum Gasteiger partial charge on any atom is -0.493 e. The monoisotopic (exact) mass is 777 g/mol. The molecule has 1 aliphatic rings. The number of hydrogen-bond acceptors (Lipinski definition) is 11. The first-order valence-corrected chi connectivity index (χ1v) is 19.2. The van der Waals surface area contributed by atoms with Gasteiger partial charge in [-0.05, 0) is 119 Å². The molecule has 0 aromatic heterocycles. The third kappa shape index (κ3) is 11.7. The maximum absolute atomic E-state index is 14.4. The van der Waals surface area contributed by atoms with Crippen LogP contribution in [0.3, 0.4) is 0 Å². The fourth-order valence-corrected chi connectivity index (χ4v) is 6.97. The summed E-state index contributed by atoms with van der Waals surface area (Å²) in [6, 6.07) is 15.8. The van der Waals surface area contributed by atoms with Gasteiger partial charge in [0, 0.05) is 13.1 Å². The van der Waals surface area contributed by atoms with Gasteiger partial charge in [0.2, 0.25) is 11.7 Å². The number of hydrogen-bond donors (Lipinski definition) is 1. The number of piperidine rings is 1. The molecule has 1 fully saturated rings. The van der Waals surface area contributed by atoms with E-state index in [4.69, 9.17) is 33.2 Å². The lowest BCUT2D eigenvalue weighted by atomic mass is 9.91.